The van der Waals surface area contributed by atoms with Crippen LogP contribution in [-0.2, 0) is 0 Å². The molecular weight excluding hydrogens is 294 g/mol. The summed E-state index contributed by atoms with van der Waals surface area (Å²) >= 11 is 6.02. The lowest BCUT2D eigenvalue weighted by molar-refractivity contribution is 0.113. The van der Waals surface area contributed by atoms with E-state index in [0.717, 1.165) is 0 Å². The van der Waals surface area contributed by atoms with Gasteiger partial charge in [0.05, 0.1) is 30.8 Å². The molecule has 1 aromatic rings. The molecule has 21 heavy (non-hydrogen) atoms. The summed E-state index contributed by atoms with van der Waals surface area (Å²) in [6.45, 7) is 0.808. The van der Waals surface area contributed by atoms with E-state index in [4.69, 9.17) is 16.3 Å². The number of nitrogens with zero attached hydrogens (tertiary/aromatic N) is 2. The Hall–Kier alpha value is -1.50. The first-order valence-electron chi connectivity index (χ1n) is 6.66. The van der Waals surface area contributed by atoms with Gasteiger partial charge < -0.3 is 25.0 Å². The Morgan fingerprint density at radius 3 is 2.71 bits per heavy atom. The summed E-state index contributed by atoms with van der Waals surface area (Å²) in [4.78, 5) is 15.7. The molecule has 1 aliphatic heterocycles. The minimum atomic E-state index is -0.537. The van der Waals surface area contributed by atoms with Gasteiger partial charge in [0, 0.05) is 12.2 Å². The fourth-order valence-electron chi connectivity index (χ4n) is 2.39. The standard InChI is InChI=1S/C14H20ClN3O3/c1-17(2)11-7-18(8-12(11)19)14(20)16-9-4-5-13(21-3)10(15)6-9/h4-6,11-12,19H,7-8H2,1-3H3,(H,16,20). The number of aliphatic hydroxyl groups excluding tert-OH is 1. The predicted octanol–water partition coefficient (Wildman–Crippen LogP) is 1.49. The van der Waals surface area contributed by atoms with Crippen molar-refractivity contribution < 1.29 is 14.6 Å². The van der Waals surface area contributed by atoms with Gasteiger partial charge in [-0.3, -0.25) is 0 Å². The second-order valence-electron chi connectivity index (χ2n) is 5.28. The number of hydrogen-bond donors (Lipinski definition) is 2. The summed E-state index contributed by atoms with van der Waals surface area (Å²) in [5, 5.41) is 13.2. The first-order valence-corrected chi connectivity index (χ1v) is 7.04. The van der Waals surface area contributed by atoms with E-state index in [1.165, 1.54) is 7.11 Å². The monoisotopic (exact) mass is 313 g/mol. The Labute approximate surface area is 129 Å². The van der Waals surface area contributed by atoms with Gasteiger partial charge >= 0.3 is 6.03 Å². The number of aliphatic hydroxyl groups is 1. The number of benzene rings is 1. The quantitative estimate of drug-likeness (QED) is 0.887. The number of urea groups is 1. The molecule has 1 aliphatic rings. The number of ether oxygens (including phenoxy) is 1. The average molecular weight is 314 g/mol. The van der Waals surface area contributed by atoms with Gasteiger partial charge in [0.25, 0.3) is 0 Å². The van der Waals surface area contributed by atoms with Crippen molar-refractivity contribution in [1.29, 1.82) is 0 Å². The van der Waals surface area contributed by atoms with E-state index in [1.54, 1.807) is 23.1 Å². The molecule has 0 saturated carbocycles. The van der Waals surface area contributed by atoms with Gasteiger partial charge in [0.2, 0.25) is 0 Å². The Bertz CT molecular complexity index is 524. The van der Waals surface area contributed by atoms with Crippen LogP contribution in [0.3, 0.4) is 0 Å². The number of β-amino-alcohol motifs (C(OH)–C–C–N with tert-alkyl or cyclic N) is 1. The molecule has 0 spiro atoms. The SMILES string of the molecule is COc1ccc(NC(=O)N2CC(O)C(N(C)C)C2)cc1Cl. The highest BCUT2D eigenvalue weighted by atomic mass is 35.5. The maximum absolute atomic E-state index is 12.2. The van der Waals surface area contributed by atoms with E-state index < -0.39 is 6.10 Å². The third-order valence-corrected chi connectivity index (χ3v) is 3.91. The summed E-state index contributed by atoms with van der Waals surface area (Å²) in [7, 11) is 5.31. The molecule has 7 heteroatoms. The van der Waals surface area contributed by atoms with Crippen molar-refractivity contribution in [2.45, 2.75) is 12.1 Å². The highest BCUT2D eigenvalue weighted by Gasteiger charge is 2.35. The van der Waals surface area contributed by atoms with Crippen molar-refractivity contribution in [2.24, 2.45) is 0 Å². The van der Waals surface area contributed by atoms with Crippen LogP contribution >= 0.6 is 11.6 Å². The number of carbonyl (C=O) groups excluding carboxylic acids is 1. The van der Waals surface area contributed by atoms with Crippen LogP contribution in [0.15, 0.2) is 18.2 Å². The van der Waals surface area contributed by atoms with Crippen molar-refractivity contribution in [3.8, 4) is 5.75 Å². The zero-order valence-electron chi connectivity index (χ0n) is 12.3. The van der Waals surface area contributed by atoms with Crippen molar-refractivity contribution >= 4 is 23.3 Å². The van der Waals surface area contributed by atoms with Gasteiger partial charge in [-0.1, -0.05) is 11.6 Å². The molecule has 2 unspecified atom stereocenters. The molecule has 1 heterocycles. The van der Waals surface area contributed by atoms with Crippen molar-refractivity contribution in [2.75, 3.05) is 39.6 Å². The summed E-state index contributed by atoms with van der Waals surface area (Å²) in [6, 6.07) is 4.75. The fourth-order valence-corrected chi connectivity index (χ4v) is 2.65. The first-order chi connectivity index (χ1) is 9.92. The molecule has 1 saturated heterocycles. The number of hydrogen-bond acceptors (Lipinski definition) is 4. The van der Waals surface area contributed by atoms with Crippen LogP contribution in [0.2, 0.25) is 5.02 Å². The molecule has 1 aromatic carbocycles. The lowest BCUT2D eigenvalue weighted by Crippen LogP contribution is -2.38. The lowest BCUT2D eigenvalue weighted by Gasteiger charge is -2.21. The zero-order chi connectivity index (χ0) is 15.6. The van der Waals surface area contributed by atoms with Crippen molar-refractivity contribution in [1.82, 2.24) is 9.80 Å². The fraction of sp³-hybridized carbons (Fsp3) is 0.500. The first kappa shape index (κ1) is 15.9. The lowest BCUT2D eigenvalue weighted by atomic mass is 10.2. The molecule has 2 amide bonds. The second-order valence-corrected chi connectivity index (χ2v) is 5.69. The summed E-state index contributed by atoms with van der Waals surface area (Å²) in [6.07, 6.45) is -0.537. The number of likely N-dealkylation sites (tertiary alicyclic amines) is 1. The molecule has 2 N–H and O–H groups in total. The number of carbonyl (C=O) groups is 1. The average Bonchev–Trinajstić information content (AvgIpc) is 2.81. The van der Waals surface area contributed by atoms with Crippen LogP contribution < -0.4 is 10.1 Å². The smallest absolute Gasteiger partial charge is 0.321 e. The van der Waals surface area contributed by atoms with Gasteiger partial charge in [-0.15, -0.1) is 0 Å². The van der Waals surface area contributed by atoms with Crippen molar-refractivity contribution in [3.05, 3.63) is 23.2 Å². The molecule has 1 fully saturated rings. The van der Waals surface area contributed by atoms with Crippen LogP contribution in [-0.4, -0.2) is 67.4 Å². The van der Waals surface area contributed by atoms with Gasteiger partial charge in [0.15, 0.2) is 0 Å². The highest BCUT2D eigenvalue weighted by Crippen LogP contribution is 2.27. The van der Waals surface area contributed by atoms with E-state index in [9.17, 15) is 9.90 Å². The van der Waals surface area contributed by atoms with E-state index in [-0.39, 0.29) is 12.1 Å². The normalized spacial score (nSPS) is 21.7. The second kappa shape index (κ2) is 6.51. The molecule has 0 aliphatic carbocycles. The predicted molar refractivity (Wildman–Crippen MR) is 82.1 cm³/mol. The van der Waals surface area contributed by atoms with Gasteiger partial charge in [-0.25, -0.2) is 4.79 Å². The van der Waals surface area contributed by atoms with Crippen LogP contribution in [0.25, 0.3) is 0 Å². The number of halogens is 1. The Balaban J connectivity index is 2.01. The summed E-state index contributed by atoms with van der Waals surface area (Å²) in [5.74, 6) is 0.555. The molecule has 2 rings (SSSR count). The van der Waals surface area contributed by atoms with Crippen LogP contribution in [0.1, 0.15) is 0 Å². The third kappa shape index (κ3) is 3.58. The summed E-state index contributed by atoms with van der Waals surface area (Å²) < 4.78 is 5.07. The zero-order valence-corrected chi connectivity index (χ0v) is 13.1. The third-order valence-electron chi connectivity index (χ3n) is 3.61. The maximum Gasteiger partial charge on any atom is 0.321 e. The minimum Gasteiger partial charge on any atom is -0.495 e. The van der Waals surface area contributed by atoms with Crippen molar-refractivity contribution in [3.63, 3.8) is 0 Å². The molecule has 0 radical (unpaired) electrons. The number of nitrogens with one attached hydrogen (secondary N) is 1. The Morgan fingerprint density at radius 2 is 2.19 bits per heavy atom. The molecule has 116 valence electrons. The summed E-state index contributed by atoms with van der Waals surface area (Å²) in [5.41, 5.74) is 0.591. The Morgan fingerprint density at radius 1 is 1.48 bits per heavy atom. The highest BCUT2D eigenvalue weighted by molar-refractivity contribution is 6.32. The van der Waals surface area contributed by atoms with E-state index >= 15 is 0 Å². The molecule has 0 bridgehead atoms. The minimum absolute atomic E-state index is 0.0461. The molecular formula is C14H20ClN3O3. The molecule has 2 atom stereocenters. The van der Waals surface area contributed by atoms with E-state index in [0.29, 0.717) is 29.5 Å². The van der Waals surface area contributed by atoms with E-state index in [2.05, 4.69) is 5.32 Å². The van der Waals surface area contributed by atoms with Gasteiger partial charge in [0.1, 0.15) is 5.75 Å². The van der Waals surface area contributed by atoms with Crippen LogP contribution in [0.4, 0.5) is 10.5 Å². The van der Waals surface area contributed by atoms with Gasteiger partial charge in [-0.05, 0) is 32.3 Å². The number of rotatable bonds is 3. The number of amides is 2. The topological polar surface area (TPSA) is 65.0 Å². The maximum atomic E-state index is 12.2. The molecule has 6 nitrogen and oxygen atoms in total. The number of methoxy groups -OCH3 is 1. The van der Waals surface area contributed by atoms with Gasteiger partial charge in [-0.2, -0.15) is 0 Å². The largest absolute Gasteiger partial charge is 0.495 e. The van der Waals surface area contributed by atoms with E-state index in [1.807, 2.05) is 19.0 Å². The molecule has 0 aromatic heterocycles. The number of anilines is 1. The number of likely N-dealkylation sites (N-methyl/N-ethyl adjacent to an activating group) is 1. The Kier molecular flexibility index (Phi) is 4.92. The van der Waals surface area contributed by atoms with Crippen LogP contribution in [0.5, 0.6) is 5.75 Å². The van der Waals surface area contributed by atoms with Crippen LogP contribution in [0, 0.1) is 0 Å².